The Morgan fingerprint density at radius 2 is 0.551 bits per heavy atom. The van der Waals surface area contributed by atoms with Crippen LogP contribution in [0.4, 0.5) is 0 Å². The average Bonchev–Trinajstić information content (AvgIpc) is 1.69. The molecule has 4 saturated heterocycles. The maximum absolute atomic E-state index is 6.30. The van der Waals surface area contributed by atoms with E-state index in [4.69, 9.17) is 37.2 Å². The van der Waals surface area contributed by atoms with Gasteiger partial charge in [-0.05, 0) is 294 Å². The molecule has 1 radical (unpaired) electrons. The normalized spacial score (nSPS) is 19.3. The summed E-state index contributed by atoms with van der Waals surface area (Å²) in [7, 11) is 8.89. The summed E-state index contributed by atoms with van der Waals surface area (Å²) in [5, 5.41) is 1.44. The molecule has 0 atom stereocenters. The molecule has 0 unspecified atom stereocenters. The molecule has 475 valence electrons. The Morgan fingerprint density at radius 1 is 0.371 bits per heavy atom. The molecule has 0 amide bonds. The van der Waals surface area contributed by atoms with Crippen LogP contribution in [0.5, 0.6) is 0 Å². The van der Waals surface area contributed by atoms with Crippen molar-refractivity contribution in [1.82, 2.24) is 4.90 Å². The van der Waals surface area contributed by atoms with Crippen molar-refractivity contribution in [1.29, 1.82) is 0 Å². The molecule has 20 heteroatoms. The second-order valence-electron chi connectivity index (χ2n) is 28.0. The minimum absolute atomic E-state index is 0.344. The zero-order chi connectivity index (χ0) is 66.8. The van der Waals surface area contributed by atoms with Crippen molar-refractivity contribution in [3.05, 3.63) is 150 Å². The van der Waals surface area contributed by atoms with Gasteiger partial charge in [0.15, 0.2) is 0 Å². The number of nitrogens with zero attached hydrogens (tertiary/aromatic N) is 2. The second-order valence-corrected chi connectivity index (χ2v) is 31.7. The fourth-order valence-electron chi connectivity index (χ4n) is 10.0. The van der Waals surface area contributed by atoms with E-state index in [0.29, 0.717) is 0 Å². The number of rotatable bonds is 9. The van der Waals surface area contributed by atoms with Crippen molar-refractivity contribution >= 4 is 148 Å². The van der Waals surface area contributed by atoms with E-state index in [1.165, 1.54) is 40.5 Å². The Balaban J connectivity index is 0.000000212. The third-order valence-electron chi connectivity index (χ3n) is 18.5. The molecule has 0 bridgehead atoms. The van der Waals surface area contributed by atoms with Crippen LogP contribution in [0.15, 0.2) is 113 Å². The average molecular weight is 1580 g/mol. The van der Waals surface area contributed by atoms with E-state index in [0.717, 1.165) is 65.9 Å². The number of halogens is 4. The molecule has 0 spiro atoms. The van der Waals surface area contributed by atoms with Gasteiger partial charge in [0.25, 0.3) is 0 Å². The van der Waals surface area contributed by atoms with Crippen molar-refractivity contribution in [3.8, 4) is 33.4 Å². The molecule has 0 aliphatic carbocycles. The zero-order valence-corrected chi connectivity index (χ0v) is 65.2. The minimum atomic E-state index is -0.379. The van der Waals surface area contributed by atoms with Crippen LogP contribution in [0.2, 0.25) is 0 Å². The second kappa shape index (κ2) is 29.9. The molecule has 89 heavy (non-hydrogen) atoms. The van der Waals surface area contributed by atoms with E-state index >= 15 is 0 Å². The van der Waals surface area contributed by atoms with Gasteiger partial charge in [0.2, 0.25) is 0 Å². The molecular weight excluding hydrogens is 1480 g/mol. The first-order chi connectivity index (χ1) is 41.1. The van der Waals surface area contributed by atoms with Crippen LogP contribution in [0.3, 0.4) is 0 Å². The van der Waals surface area contributed by atoms with Crippen LogP contribution in [-0.2, 0) is 47.9 Å². The van der Waals surface area contributed by atoms with Crippen molar-refractivity contribution in [2.75, 3.05) is 21.1 Å². The van der Waals surface area contributed by atoms with Crippen molar-refractivity contribution < 1.29 is 37.2 Å². The number of alkyl halides is 2. The molecule has 4 fully saturated rings. The van der Waals surface area contributed by atoms with Gasteiger partial charge in [-0.25, -0.2) is 0 Å². The number of benzene rings is 6. The summed E-state index contributed by atoms with van der Waals surface area (Å²) >= 11 is 15.3. The van der Waals surface area contributed by atoms with Crippen molar-refractivity contribution in [2.24, 2.45) is 4.30 Å². The van der Waals surface area contributed by atoms with E-state index in [-0.39, 0.29) is 73.3 Å². The van der Waals surface area contributed by atoms with Crippen LogP contribution >= 0.6 is 89.9 Å². The van der Waals surface area contributed by atoms with E-state index in [1.54, 1.807) is 0 Å². The quantitative estimate of drug-likeness (QED) is 0.0658. The number of hydrogen-bond acceptors (Lipinski definition) is 11. The van der Waals surface area contributed by atoms with Gasteiger partial charge in [-0.2, -0.15) is 0 Å². The number of thiol groups is 1. The van der Waals surface area contributed by atoms with Crippen molar-refractivity contribution in [3.63, 3.8) is 0 Å². The van der Waals surface area contributed by atoms with E-state index in [1.807, 2.05) is 26.0 Å². The summed E-state index contributed by atoms with van der Waals surface area (Å²) in [6.07, 6.45) is 0. The first kappa shape index (κ1) is 75.9. The van der Waals surface area contributed by atoms with Crippen molar-refractivity contribution in [2.45, 2.75) is 194 Å². The molecule has 10 nitrogen and oxygen atoms in total. The molecule has 6 aromatic rings. The molecule has 0 N–H and O–H groups in total. The summed E-state index contributed by atoms with van der Waals surface area (Å²) in [6, 6.07) is 39.2. The van der Waals surface area contributed by atoms with Crippen LogP contribution in [0.1, 0.15) is 144 Å². The van der Waals surface area contributed by atoms with Crippen LogP contribution in [0, 0.1) is 34.8 Å². The number of hydrogen-bond donors (Lipinski definition) is 1. The Hall–Kier alpha value is -2.15. The first-order valence-corrected chi connectivity index (χ1v) is 35.1. The molecule has 0 aromatic heterocycles. The standard InChI is InChI=1S/C26H34B2Br2O4.C26H36B2O4.C14H12I2.C3H9N.BHNS/c1-23(2)24(3,4)32-27(31-23)21-11-9-17(13-19(21)15-29)18-10-12-22(20(14-18)16-30)28-33-25(5,6)26(7,8)34-28;1-17-15-19(11-13-21(17)27-29-23(3,4)24(5,6)30-27)20-12-14-22(18(2)16-20)28-31-25(7,8)26(9,10)32-28;1-9-7-11(3-5-13(9)15)12-4-6-14(16)10(2)8-12;1-4(2)3;1-2-3/h9-14H,15-16H2,1-8H3;11-16H,1-10H3;3-8H,1-2H3;1-3H3;3H. The van der Waals surface area contributed by atoms with Gasteiger partial charge in [0.05, 0.1) is 44.8 Å². The zero-order valence-electron chi connectivity index (χ0n) is 56.8. The maximum atomic E-state index is 6.30. The number of aryl methyl sites for hydroxylation is 4. The van der Waals surface area contributed by atoms with E-state index < -0.39 is 0 Å². The molecular formula is C69H92B5Br2I2N2O8S. The summed E-state index contributed by atoms with van der Waals surface area (Å²) < 4.78 is 55.6. The Labute approximate surface area is 587 Å². The van der Waals surface area contributed by atoms with Gasteiger partial charge in [-0.3, -0.25) is 0 Å². The van der Waals surface area contributed by atoms with E-state index in [9.17, 15) is 0 Å². The fraction of sp³-hybridized carbons (Fsp3) is 0.478. The summed E-state index contributed by atoms with van der Waals surface area (Å²) in [4.78, 5) is 2.00. The Bertz CT molecular complexity index is 3190. The van der Waals surface area contributed by atoms with Gasteiger partial charge < -0.3 is 42.1 Å². The summed E-state index contributed by atoms with van der Waals surface area (Å²) in [5.74, 6) is 0. The summed E-state index contributed by atoms with van der Waals surface area (Å²) in [5.41, 5.74) is 16.0. The van der Waals surface area contributed by atoms with Crippen LogP contribution in [0.25, 0.3) is 33.4 Å². The molecule has 4 heterocycles. The third kappa shape index (κ3) is 17.9. The van der Waals surface area contributed by atoms with Gasteiger partial charge in [-0.15, -0.1) is 0 Å². The topological polar surface area (TPSA) is 89.4 Å². The van der Waals surface area contributed by atoms with Gasteiger partial charge in [0.1, 0.15) is 0 Å². The molecule has 6 aromatic carbocycles. The Morgan fingerprint density at radius 3 is 0.753 bits per heavy atom. The Kier molecular flexibility index (Phi) is 25.5. The van der Waals surface area contributed by atoms with Gasteiger partial charge in [-0.1, -0.05) is 140 Å². The molecule has 0 saturated carbocycles. The van der Waals surface area contributed by atoms with Crippen LogP contribution < -0.4 is 21.9 Å². The van der Waals surface area contributed by atoms with Gasteiger partial charge in [0, 0.05) is 17.8 Å². The summed E-state index contributed by atoms with van der Waals surface area (Å²) in [6.45, 7) is 41.9. The van der Waals surface area contributed by atoms with Crippen LogP contribution in [-0.4, -0.2) is 107 Å². The molecule has 10 rings (SSSR count). The van der Waals surface area contributed by atoms with Gasteiger partial charge >= 0.3 is 53.2 Å². The fourth-order valence-corrected chi connectivity index (χ4v) is 11.7. The SMILES string of the molecule is CC1(C)OB(c2ccc(-c3ccc(B4OC(C)(C)C(C)(C)O4)c(CBr)c3)cc2CBr)OC1(C)C.CN(C)C.Cc1cc(-c2ccc(B3OC(C)(C)C(C)(C)O3)c(C)c2)ccc1B1OC(C)(C)C(C)(C)O1.Cc1cc(-c2ccc(I)c(C)c2)ccc1I.[B]=NS. The molecule has 4 aliphatic heterocycles. The third-order valence-corrected chi connectivity index (χ3v) is 22.1. The predicted octanol–water partition coefficient (Wildman–Crippen LogP) is 15.9. The monoisotopic (exact) mass is 1580 g/mol. The molecule has 4 aliphatic rings. The first-order valence-electron chi connectivity index (χ1n) is 30.3. The van der Waals surface area contributed by atoms with E-state index in [2.05, 4.69) is 349 Å². The predicted molar refractivity (Wildman–Crippen MR) is 405 cm³/mol.